The second-order valence-electron chi connectivity index (χ2n) is 4.25. The van der Waals surface area contributed by atoms with Crippen molar-refractivity contribution in [3.63, 3.8) is 0 Å². The van der Waals surface area contributed by atoms with Crippen LogP contribution in [-0.2, 0) is 7.05 Å². The molecule has 0 aliphatic rings. The van der Waals surface area contributed by atoms with Crippen molar-refractivity contribution in [2.75, 3.05) is 5.32 Å². The van der Waals surface area contributed by atoms with Gasteiger partial charge in [0.05, 0.1) is 17.6 Å². The third kappa shape index (κ3) is 2.08. The predicted molar refractivity (Wildman–Crippen MR) is 63.8 cm³/mol. The van der Waals surface area contributed by atoms with E-state index >= 15 is 0 Å². The van der Waals surface area contributed by atoms with Crippen LogP contribution in [0.1, 0.15) is 19.5 Å². The second-order valence-corrected chi connectivity index (χ2v) is 4.25. The van der Waals surface area contributed by atoms with Crippen LogP contribution in [-0.4, -0.2) is 25.4 Å². The van der Waals surface area contributed by atoms with Crippen LogP contribution >= 0.6 is 0 Å². The van der Waals surface area contributed by atoms with Crippen LogP contribution in [0.15, 0.2) is 18.6 Å². The van der Waals surface area contributed by atoms with Crippen LogP contribution < -0.4 is 5.32 Å². The first-order valence-corrected chi connectivity index (χ1v) is 5.38. The molecular weight excluding hydrogens is 202 g/mol. The van der Waals surface area contributed by atoms with E-state index in [0.717, 1.165) is 17.3 Å². The van der Waals surface area contributed by atoms with Crippen LogP contribution in [0.4, 0.5) is 5.95 Å². The quantitative estimate of drug-likeness (QED) is 0.855. The van der Waals surface area contributed by atoms with Gasteiger partial charge in [0.25, 0.3) is 0 Å². The van der Waals surface area contributed by atoms with Crippen LogP contribution in [0, 0.1) is 6.92 Å². The van der Waals surface area contributed by atoms with E-state index in [0.29, 0.717) is 6.04 Å². The third-order valence-electron chi connectivity index (χ3n) is 2.21. The molecule has 0 saturated heterocycles. The van der Waals surface area contributed by atoms with Gasteiger partial charge in [-0.1, -0.05) is 0 Å². The van der Waals surface area contributed by atoms with E-state index in [1.54, 1.807) is 4.68 Å². The standard InChI is InChI=1S/C11H17N5/c1-8(2)13-11-14-9(3)6-16(11)10-5-12-15(4)7-10/h5-8H,1-4H3,(H,13,14). The van der Waals surface area contributed by atoms with Gasteiger partial charge in [-0.05, 0) is 20.8 Å². The number of hydrogen-bond acceptors (Lipinski definition) is 3. The lowest BCUT2D eigenvalue weighted by molar-refractivity contribution is 0.767. The van der Waals surface area contributed by atoms with Gasteiger partial charge in [0.15, 0.2) is 0 Å². The zero-order valence-electron chi connectivity index (χ0n) is 10.1. The number of rotatable bonds is 3. The van der Waals surface area contributed by atoms with Crippen molar-refractivity contribution >= 4 is 5.95 Å². The van der Waals surface area contributed by atoms with Gasteiger partial charge in [0.2, 0.25) is 5.95 Å². The Morgan fingerprint density at radius 1 is 1.31 bits per heavy atom. The van der Waals surface area contributed by atoms with E-state index in [2.05, 4.69) is 29.2 Å². The lowest BCUT2D eigenvalue weighted by Crippen LogP contribution is -2.13. The van der Waals surface area contributed by atoms with Gasteiger partial charge in [0.1, 0.15) is 0 Å². The summed E-state index contributed by atoms with van der Waals surface area (Å²) in [5, 5.41) is 7.48. The minimum absolute atomic E-state index is 0.359. The first-order valence-electron chi connectivity index (χ1n) is 5.38. The van der Waals surface area contributed by atoms with E-state index < -0.39 is 0 Å². The first kappa shape index (κ1) is 10.7. The molecule has 5 nitrogen and oxygen atoms in total. The molecule has 2 heterocycles. The second kappa shape index (κ2) is 4.00. The average molecular weight is 219 g/mol. The number of anilines is 1. The molecule has 0 bridgehead atoms. The monoisotopic (exact) mass is 219 g/mol. The van der Waals surface area contributed by atoms with E-state index in [4.69, 9.17) is 0 Å². The summed E-state index contributed by atoms with van der Waals surface area (Å²) in [6, 6.07) is 0.359. The van der Waals surface area contributed by atoms with Crippen molar-refractivity contribution in [2.45, 2.75) is 26.8 Å². The van der Waals surface area contributed by atoms with Crippen molar-refractivity contribution in [3.8, 4) is 5.69 Å². The highest BCUT2D eigenvalue weighted by molar-refractivity contribution is 5.41. The molecule has 2 aromatic heterocycles. The molecule has 86 valence electrons. The normalized spacial score (nSPS) is 11.1. The molecule has 16 heavy (non-hydrogen) atoms. The molecule has 0 atom stereocenters. The van der Waals surface area contributed by atoms with E-state index in [1.807, 2.05) is 37.1 Å². The molecule has 2 aromatic rings. The minimum Gasteiger partial charge on any atom is -0.353 e. The molecule has 0 spiro atoms. The maximum absolute atomic E-state index is 4.45. The summed E-state index contributed by atoms with van der Waals surface area (Å²) in [6.07, 6.45) is 5.79. The Kier molecular flexibility index (Phi) is 2.68. The highest BCUT2D eigenvalue weighted by Crippen LogP contribution is 2.16. The topological polar surface area (TPSA) is 47.7 Å². The Hall–Kier alpha value is -1.78. The molecule has 0 radical (unpaired) electrons. The molecule has 0 saturated carbocycles. The van der Waals surface area contributed by atoms with Crippen molar-refractivity contribution in [1.29, 1.82) is 0 Å². The van der Waals surface area contributed by atoms with Crippen LogP contribution in [0.2, 0.25) is 0 Å². The predicted octanol–water partition coefficient (Wildman–Crippen LogP) is 1.73. The maximum Gasteiger partial charge on any atom is 0.208 e. The van der Waals surface area contributed by atoms with Gasteiger partial charge in [0, 0.05) is 25.5 Å². The average Bonchev–Trinajstić information content (AvgIpc) is 2.72. The molecule has 0 fully saturated rings. The van der Waals surface area contributed by atoms with Gasteiger partial charge in [-0.25, -0.2) is 4.98 Å². The number of nitrogens with zero attached hydrogens (tertiary/aromatic N) is 4. The summed E-state index contributed by atoms with van der Waals surface area (Å²) in [6.45, 7) is 6.17. The number of aromatic nitrogens is 4. The molecular formula is C11H17N5. The molecule has 0 aromatic carbocycles. The van der Waals surface area contributed by atoms with Gasteiger partial charge in [-0.15, -0.1) is 0 Å². The van der Waals surface area contributed by atoms with Crippen molar-refractivity contribution < 1.29 is 0 Å². The molecule has 0 aliphatic carbocycles. The Labute approximate surface area is 95.1 Å². The number of nitrogens with one attached hydrogen (secondary N) is 1. The Balaban J connectivity index is 2.39. The molecule has 0 amide bonds. The van der Waals surface area contributed by atoms with Crippen molar-refractivity contribution in [2.24, 2.45) is 7.05 Å². The molecule has 2 rings (SSSR count). The smallest absolute Gasteiger partial charge is 0.208 e. The fourth-order valence-electron chi connectivity index (χ4n) is 1.59. The molecule has 0 unspecified atom stereocenters. The van der Waals surface area contributed by atoms with Crippen LogP contribution in [0.3, 0.4) is 0 Å². The summed E-state index contributed by atoms with van der Waals surface area (Å²) >= 11 is 0. The van der Waals surface area contributed by atoms with E-state index in [9.17, 15) is 0 Å². The summed E-state index contributed by atoms with van der Waals surface area (Å²) < 4.78 is 3.80. The number of aryl methyl sites for hydroxylation is 2. The minimum atomic E-state index is 0.359. The third-order valence-corrected chi connectivity index (χ3v) is 2.21. The van der Waals surface area contributed by atoms with E-state index in [1.165, 1.54) is 0 Å². The molecule has 1 N–H and O–H groups in total. The molecule has 0 aliphatic heterocycles. The summed E-state index contributed by atoms with van der Waals surface area (Å²) in [5.41, 5.74) is 2.01. The first-order chi connectivity index (χ1) is 7.56. The highest BCUT2D eigenvalue weighted by atomic mass is 15.3. The summed E-state index contributed by atoms with van der Waals surface area (Å²) in [7, 11) is 1.91. The number of hydrogen-bond donors (Lipinski definition) is 1. The van der Waals surface area contributed by atoms with Gasteiger partial charge in [-0.3, -0.25) is 9.25 Å². The summed E-state index contributed by atoms with van der Waals surface area (Å²) in [4.78, 5) is 4.45. The van der Waals surface area contributed by atoms with Crippen LogP contribution in [0.25, 0.3) is 5.69 Å². The van der Waals surface area contributed by atoms with Crippen molar-refractivity contribution in [3.05, 3.63) is 24.3 Å². The number of imidazole rings is 1. The Morgan fingerprint density at radius 2 is 2.06 bits per heavy atom. The summed E-state index contributed by atoms with van der Waals surface area (Å²) in [5.74, 6) is 0.862. The largest absolute Gasteiger partial charge is 0.353 e. The zero-order valence-corrected chi connectivity index (χ0v) is 10.1. The SMILES string of the molecule is Cc1cn(-c2cnn(C)c2)c(NC(C)C)n1. The maximum atomic E-state index is 4.45. The highest BCUT2D eigenvalue weighted by Gasteiger charge is 2.09. The zero-order chi connectivity index (χ0) is 11.7. The van der Waals surface area contributed by atoms with Gasteiger partial charge in [-0.2, -0.15) is 5.10 Å². The fourth-order valence-corrected chi connectivity index (χ4v) is 1.59. The Bertz CT molecular complexity index is 480. The van der Waals surface area contributed by atoms with Crippen molar-refractivity contribution in [1.82, 2.24) is 19.3 Å². The fraction of sp³-hybridized carbons (Fsp3) is 0.455. The Morgan fingerprint density at radius 3 is 2.62 bits per heavy atom. The lowest BCUT2D eigenvalue weighted by atomic mass is 10.4. The van der Waals surface area contributed by atoms with Gasteiger partial charge < -0.3 is 5.32 Å². The molecule has 5 heteroatoms. The van der Waals surface area contributed by atoms with E-state index in [-0.39, 0.29) is 0 Å². The van der Waals surface area contributed by atoms with Crippen LogP contribution in [0.5, 0.6) is 0 Å². The van der Waals surface area contributed by atoms with Gasteiger partial charge >= 0.3 is 0 Å². The lowest BCUT2D eigenvalue weighted by Gasteiger charge is -2.10.